The highest BCUT2D eigenvalue weighted by Gasteiger charge is 2.25. The van der Waals surface area contributed by atoms with Gasteiger partial charge in [-0.25, -0.2) is 0 Å². The minimum atomic E-state index is 0.0625. The summed E-state index contributed by atoms with van der Waals surface area (Å²) in [7, 11) is 0. The van der Waals surface area contributed by atoms with E-state index in [1.165, 1.54) is 16.0 Å². The predicted molar refractivity (Wildman–Crippen MR) is 106 cm³/mol. The maximum atomic E-state index is 12.4. The fourth-order valence-electron chi connectivity index (χ4n) is 3.57. The van der Waals surface area contributed by atoms with Gasteiger partial charge in [0.15, 0.2) is 6.54 Å². The molecule has 3 rings (SSSR count). The molecule has 2 aromatic rings. The molecule has 26 heavy (non-hydrogen) atoms. The number of anilines is 1. The molecule has 1 amide bonds. The van der Waals surface area contributed by atoms with Gasteiger partial charge in [-0.3, -0.25) is 4.79 Å². The molecule has 0 spiro atoms. The zero-order valence-electron chi connectivity index (χ0n) is 15.6. The normalized spacial score (nSPS) is 20.0. The van der Waals surface area contributed by atoms with E-state index < -0.39 is 0 Å². The van der Waals surface area contributed by atoms with Crippen LogP contribution in [0.5, 0.6) is 0 Å². The number of amides is 1. The maximum absolute atomic E-state index is 12.4. The Morgan fingerprint density at radius 1 is 1.04 bits per heavy atom. The summed E-state index contributed by atoms with van der Waals surface area (Å²) in [4.78, 5) is 15.3. The summed E-state index contributed by atoms with van der Waals surface area (Å²) >= 11 is 6.03. The van der Waals surface area contributed by atoms with Crippen LogP contribution in [0, 0.1) is 13.8 Å². The quantitative estimate of drug-likeness (QED) is 0.715. The lowest BCUT2D eigenvalue weighted by atomic mass is 10.1. The van der Waals surface area contributed by atoms with Crippen LogP contribution in [-0.2, 0) is 11.3 Å². The Morgan fingerprint density at radius 3 is 2.50 bits per heavy atom. The van der Waals surface area contributed by atoms with Gasteiger partial charge in [-0.05, 0) is 31.5 Å². The van der Waals surface area contributed by atoms with Gasteiger partial charge >= 0.3 is 0 Å². The summed E-state index contributed by atoms with van der Waals surface area (Å²) in [5.41, 5.74) is 4.56. The topological polar surface area (TPSA) is 38.0 Å². The van der Waals surface area contributed by atoms with E-state index in [9.17, 15) is 4.79 Å². The molecule has 0 aromatic heterocycles. The number of rotatable bonds is 5. The first kappa shape index (κ1) is 18.9. The number of piperazine rings is 1. The fraction of sp³-hybridized carbons (Fsp3) is 0.381. The molecular formula is C21H28ClN3O+2. The molecule has 1 aliphatic heterocycles. The number of hydrogen-bond donors (Lipinski definition) is 3. The molecule has 1 heterocycles. The van der Waals surface area contributed by atoms with Crippen molar-refractivity contribution in [1.82, 2.24) is 0 Å². The molecule has 1 aliphatic rings. The Hall–Kier alpha value is -1.88. The number of halogens is 1. The van der Waals surface area contributed by atoms with Crippen LogP contribution in [-0.4, -0.2) is 38.6 Å². The van der Waals surface area contributed by atoms with Gasteiger partial charge in [0.2, 0.25) is 0 Å². The zero-order valence-corrected chi connectivity index (χ0v) is 16.3. The van der Waals surface area contributed by atoms with Crippen LogP contribution in [0.25, 0.3) is 0 Å². The first-order valence-electron chi connectivity index (χ1n) is 9.28. The number of nitrogens with one attached hydrogen (secondary N) is 3. The van der Waals surface area contributed by atoms with Gasteiger partial charge in [-0.1, -0.05) is 47.5 Å². The molecule has 2 aromatic carbocycles. The zero-order chi connectivity index (χ0) is 18.5. The third-order valence-corrected chi connectivity index (χ3v) is 5.32. The van der Waals surface area contributed by atoms with E-state index in [1.807, 2.05) is 25.1 Å². The average Bonchev–Trinajstić information content (AvgIpc) is 2.60. The number of quaternary nitrogens is 2. The largest absolute Gasteiger partial charge is 0.322 e. The second kappa shape index (κ2) is 8.67. The van der Waals surface area contributed by atoms with Crippen molar-refractivity contribution in [2.75, 3.05) is 38.0 Å². The van der Waals surface area contributed by atoms with Crippen LogP contribution >= 0.6 is 11.6 Å². The van der Waals surface area contributed by atoms with Crippen LogP contribution < -0.4 is 15.1 Å². The van der Waals surface area contributed by atoms with Gasteiger partial charge in [-0.15, -0.1) is 0 Å². The summed E-state index contributed by atoms with van der Waals surface area (Å²) in [6.07, 6.45) is 0. The van der Waals surface area contributed by atoms with Gasteiger partial charge in [0.25, 0.3) is 5.91 Å². The van der Waals surface area contributed by atoms with Crippen LogP contribution in [0.4, 0.5) is 5.69 Å². The maximum Gasteiger partial charge on any atom is 0.279 e. The van der Waals surface area contributed by atoms with Gasteiger partial charge in [0, 0.05) is 16.3 Å². The monoisotopic (exact) mass is 373 g/mol. The molecule has 0 unspecified atom stereocenters. The molecule has 4 nitrogen and oxygen atoms in total. The first-order chi connectivity index (χ1) is 12.5. The standard InChI is InChI=1S/C21H26ClN3O/c1-16-4-3-5-18(12-16)14-24-8-10-25(11-9-24)15-21(26)23-20-13-19(22)7-6-17(20)2/h3-7,12-13H,8-11,14-15H2,1-2H3,(H,23,26)/p+2. The smallest absolute Gasteiger partial charge is 0.279 e. The highest BCUT2D eigenvalue weighted by molar-refractivity contribution is 6.31. The molecular weight excluding hydrogens is 346 g/mol. The number of carbonyl (C=O) groups excluding carboxylic acids is 1. The van der Waals surface area contributed by atoms with Gasteiger partial charge < -0.3 is 15.1 Å². The lowest BCUT2D eigenvalue weighted by Crippen LogP contribution is -3.28. The Bertz CT molecular complexity index is 770. The third kappa shape index (κ3) is 5.31. The minimum absolute atomic E-state index is 0.0625. The van der Waals surface area contributed by atoms with Crippen molar-refractivity contribution in [3.05, 3.63) is 64.2 Å². The predicted octanol–water partition coefficient (Wildman–Crippen LogP) is 0.879. The molecule has 0 aliphatic carbocycles. The molecule has 0 atom stereocenters. The van der Waals surface area contributed by atoms with E-state index in [0.29, 0.717) is 11.6 Å². The Balaban J connectivity index is 1.46. The summed E-state index contributed by atoms with van der Waals surface area (Å²) < 4.78 is 0. The van der Waals surface area contributed by atoms with Gasteiger partial charge in [0.1, 0.15) is 32.7 Å². The number of benzene rings is 2. The second-order valence-corrected chi connectivity index (χ2v) is 7.79. The molecule has 0 saturated carbocycles. The van der Waals surface area contributed by atoms with E-state index in [4.69, 9.17) is 11.6 Å². The highest BCUT2D eigenvalue weighted by Crippen LogP contribution is 2.19. The van der Waals surface area contributed by atoms with E-state index in [-0.39, 0.29) is 5.91 Å². The number of aryl methyl sites for hydroxylation is 2. The third-order valence-electron chi connectivity index (χ3n) is 5.09. The SMILES string of the molecule is Cc1cccc(C[NH+]2CC[NH+](CC(=O)Nc3cc(Cl)ccc3C)CC2)c1. The van der Waals surface area contributed by atoms with Crippen LogP contribution in [0.15, 0.2) is 42.5 Å². The van der Waals surface area contributed by atoms with E-state index in [1.54, 1.807) is 4.90 Å². The molecule has 1 saturated heterocycles. The lowest BCUT2D eigenvalue weighted by molar-refractivity contribution is -1.02. The van der Waals surface area contributed by atoms with Crippen LogP contribution in [0.1, 0.15) is 16.7 Å². The fourth-order valence-corrected chi connectivity index (χ4v) is 3.74. The number of carbonyl (C=O) groups is 1. The van der Waals surface area contributed by atoms with Crippen molar-refractivity contribution in [3.8, 4) is 0 Å². The highest BCUT2D eigenvalue weighted by atomic mass is 35.5. The Labute approximate surface area is 160 Å². The van der Waals surface area contributed by atoms with Crippen molar-refractivity contribution in [3.63, 3.8) is 0 Å². The van der Waals surface area contributed by atoms with Crippen molar-refractivity contribution >= 4 is 23.2 Å². The van der Waals surface area contributed by atoms with Gasteiger partial charge in [0.05, 0.1) is 0 Å². The Kier molecular flexibility index (Phi) is 6.30. The average molecular weight is 374 g/mol. The summed E-state index contributed by atoms with van der Waals surface area (Å²) in [6, 6.07) is 14.3. The molecule has 138 valence electrons. The summed E-state index contributed by atoms with van der Waals surface area (Å²) in [5.74, 6) is 0.0625. The molecule has 0 bridgehead atoms. The molecule has 0 radical (unpaired) electrons. The van der Waals surface area contributed by atoms with E-state index in [0.717, 1.165) is 44.0 Å². The van der Waals surface area contributed by atoms with Crippen molar-refractivity contribution in [2.45, 2.75) is 20.4 Å². The molecule has 3 N–H and O–H groups in total. The summed E-state index contributed by atoms with van der Waals surface area (Å²) in [5, 5.41) is 3.65. The van der Waals surface area contributed by atoms with Crippen molar-refractivity contribution in [1.29, 1.82) is 0 Å². The Morgan fingerprint density at radius 2 is 1.77 bits per heavy atom. The first-order valence-corrected chi connectivity index (χ1v) is 9.66. The number of hydrogen-bond acceptors (Lipinski definition) is 1. The van der Waals surface area contributed by atoms with E-state index >= 15 is 0 Å². The molecule has 1 fully saturated rings. The van der Waals surface area contributed by atoms with Crippen LogP contribution in [0.3, 0.4) is 0 Å². The summed E-state index contributed by atoms with van der Waals surface area (Å²) in [6.45, 7) is 9.98. The van der Waals surface area contributed by atoms with Gasteiger partial charge in [-0.2, -0.15) is 0 Å². The van der Waals surface area contributed by atoms with Crippen molar-refractivity contribution < 1.29 is 14.6 Å². The van der Waals surface area contributed by atoms with Crippen LogP contribution in [0.2, 0.25) is 5.02 Å². The second-order valence-electron chi connectivity index (χ2n) is 7.35. The van der Waals surface area contributed by atoms with E-state index in [2.05, 4.69) is 36.5 Å². The lowest BCUT2D eigenvalue weighted by Gasteiger charge is -2.29. The van der Waals surface area contributed by atoms with Crippen molar-refractivity contribution in [2.24, 2.45) is 0 Å². The minimum Gasteiger partial charge on any atom is -0.322 e. The molecule has 5 heteroatoms.